The molecule has 0 saturated carbocycles. The molecule has 1 unspecified atom stereocenters. The van der Waals surface area contributed by atoms with Gasteiger partial charge in [-0.15, -0.1) is 0 Å². The second kappa shape index (κ2) is 8.26. The first-order chi connectivity index (χ1) is 14.4. The molecule has 2 heterocycles. The molecule has 4 nitrogen and oxygen atoms in total. The average Bonchev–Trinajstić information content (AvgIpc) is 2.79. The van der Waals surface area contributed by atoms with E-state index in [9.17, 15) is 18.0 Å². The van der Waals surface area contributed by atoms with Gasteiger partial charge in [-0.3, -0.25) is 9.78 Å². The fourth-order valence-corrected chi connectivity index (χ4v) is 3.74. The number of alkyl halides is 3. The second-order valence-electron chi connectivity index (χ2n) is 7.36. The Morgan fingerprint density at radius 2 is 1.83 bits per heavy atom. The van der Waals surface area contributed by atoms with Gasteiger partial charge in [0.05, 0.1) is 23.1 Å². The highest BCUT2D eigenvalue weighted by Crippen LogP contribution is 2.32. The highest BCUT2D eigenvalue weighted by atomic mass is 19.4. The van der Waals surface area contributed by atoms with Gasteiger partial charge in [0.15, 0.2) is 0 Å². The van der Waals surface area contributed by atoms with E-state index in [4.69, 9.17) is 0 Å². The Morgan fingerprint density at radius 1 is 1.03 bits per heavy atom. The van der Waals surface area contributed by atoms with Crippen molar-refractivity contribution in [2.24, 2.45) is 0 Å². The van der Waals surface area contributed by atoms with Crippen LogP contribution in [0.4, 0.5) is 13.2 Å². The van der Waals surface area contributed by atoms with Gasteiger partial charge in [0, 0.05) is 36.3 Å². The van der Waals surface area contributed by atoms with Crippen LogP contribution >= 0.6 is 0 Å². The molecule has 1 amide bonds. The Kier molecular flexibility index (Phi) is 5.53. The maximum Gasteiger partial charge on any atom is 0.416 e. The molecule has 0 spiro atoms. The molecule has 7 heteroatoms. The summed E-state index contributed by atoms with van der Waals surface area (Å²) in [6.45, 7) is 1.18. The lowest BCUT2D eigenvalue weighted by atomic mass is 9.94. The third-order valence-corrected chi connectivity index (χ3v) is 5.29. The molecule has 1 aliphatic heterocycles. The Labute approximate surface area is 172 Å². The number of nitrogens with zero attached hydrogens (tertiary/aromatic N) is 3. The zero-order valence-electron chi connectivity index (χ0n) is 16.1. The molecule has 1 aromatic heterocycles. The summed E-state index contributed by atoms with van der Waals surface area (Å²) >= 11 is 0. The van der Waals surface area contributed by atoms with E-state index in [-0.39, 0.29) is 11.8 Å². The first kappa shape index (κ1) is 20.1. The number of rotatable bonds is 3. The number of likely N-dealkylation sites (tertiary alicyclic amines) is 1. The van der Waals surface area contributed by atoms with Gasteiger partial charge >= 0.3 is 6.18 Å². The lowest BCUT2D eigenvalue weighted by Crippen LogP contribution is -2.39. The summed E-state index contributed by atoms with van der Waals surface area (Å²) in [5.74, 6) is -0.0352. The van der Waals surface area contributed by atoms with Crippen LogP contribution < -0.4 is 0 Å². The van der Waals surface area contributed by atoms with Crippen molar-refractivity contribution in [1.29, 1.82) is 0 Å². The molecule has 0 aliphatic carbocycles. The van der Waals surface area contributed by atoms with Crippen LogP contribution in [0.25, 0.3) is 11.3 Å². The van der Waals surface area contributed by atoms with Crippen LogP contribution in [-0.2, 0) is 6.18 Å². The first-order valence-electron chi connectivity index (χ1n) is 9.76. The minimum atomic E-state index is -4.41. The van der Waals surface area contributed by atoms with Crippen molar-refractivity contribution in [2.75, 3.05) is 13.1 Å². The largest absolute Gasteiger partial charge is 0.416 e. The van der Waals surface area contributed by atoms with Gasteiger partial charge in [0.1, 0.15) is 0 Å². The quantitative estimate of drug-likeness (QED) is 0.596. The number of carbonyl (C=O) groups is 1. The predicted octanol–water partition coefficient (Wildman–Crippen LogP) is 5.18. The number of piperidine rings is 1. The van der Waals surface area contributed by atoms with E-state index in [1.807, 2.05) is 23.1 Å². The van der Waals surface area contributed by atoms with E-state index < -0.39 is 11.7 Å². The summed E-state index contributed by atoms with van der Waals surface area (Å²) in [4.78, 5) is 23.4. The summed E-state index contributed by atoms with van der Waals surface area (Å²) in [5.41, 5.74) is 1.37. The van der Waals surface area contributed by atoms with Gasteiger partial charge in [0.25, 0.3) is 5.91 Å². The lowest BCUT2D eigenvalue weighted by molar-refractivity contribution is -0.137. The van der Waals surface area contributed by atoms with Crippen molar-refractivity contribution >= 4 is 5.91 Å². The van der Waals surface area contributed by atoms with Crippen LogP contribution in [0.1, 0.15) is 40.4 Å². The van der Waals surface area contributed by atoms with Crippen LogP contribution in [0, 0.1) is 0 Å². The molecular formula is C23H20F3N3O. The van der Waals surface area contributed by atoms with Crippen LogP contribution in [0.3, 0.4) is 0 Å². The number of benzene rings is 2. The first-order valence-corrected chi connectivity index (χ1v) is 9.76. The van der Waals surface area contributed by atoms with E-state index in [1.54, 1.807) is 24.4 Å². The molecule has 1 atom stereocenters. The molecule has 0 radical (unpaired) electrons. The molecule has 1 fully saturated rings. The Balaban J connectivity index is 1.56. The SMILES string of the molecule is O=C(c1ccccc1)N1CCCC(c2cncc(-c3cccc(C(F)(F)F)c3)n2)C1. The van der Waals surface area contributed by atoms with Crippen molar-refractivity contribution in [2.45, 2.75) is 24.9 Å². The van der Waals surface area contributed by atoms with Crippen molar-refractivity contribution < 1.29 is 18.0 Å². The normalized spacial score (nSPS) is 17.0. The van der Waals surface area contributed by atoms with Crippen LogP contribution in [0.5, 0.6) is 0 Å². The Morgan fingerprint density at radius 3 is 2.60 bits per heavy atom. The predicted molar refractivity (Wildman–Crippen MR) is 107 cm³/mol. The molecule has 1 aliphatic rings. The minimum Gasteiger partial charge on any atom is -0.338 e. The van der Waals surface area contributed by atoms with E-state index in [1.165, 1.54) is 12.3 Å². The monoisotopic (exact) mass is 411 g/mol. The van der Waals surface area contributed by atoms with Gasteiger partial charge in [-0.05, 0) is 37.1 Å². The number of carbonyl (C=O) groups excluding carboxylic acids is 1. The van der Waals surface area contributed by atoms with Gasteiger partial charge in [-0.25, -0.2) is 4.98 Å². The third kappa shape index (κ3) is 4.35. The van der Waals surface area contributed by atoms with Gasteiger partial charge in [-0.2, -0.15) is 13.2 Å². The number of hydrogen-bond acceptors (Lipinski definition) is 3. The lowest BCUT2D eigenvalue weighted by Gasteiger charge is -2.32. The Hall–Kier alpha value is -3.22. The van der Waals surface area contributed by atoms with E-state index >= 15 is 0 Å². The third-order valence-electron chi connectivity index (χ3n) is 5.29. The van der Waals surface area contributed by atoms with E-state index in [0.717, 1.165) is 25.0 Å². The average molecular weight is 411 g/mol. The molecule has 154 valence electrons. The van der Waals surface area contributed by atoms with Crippen molar-refractivity contribution in [3.8, 4) is 11.3 Å². The summed E-state index contributed by atoms with van der Waals surface area (Å²) in [6, 6.07) is 14.2. The maximum atomic E-state index is 13.0. The zero-order valence-corrected chi connectivity index (χ0v) is 16.1. The van der Waals surface area contributed by atoms with Gasteiger partial charge < -0.3 is 4.90 Å². The zero-order chi connectivity index (χ0) is 21.1. The van der Waals surface area contributed by atoms with Crippen LogP contribution in [0.2, 0.25) is 0 Å². The van der Waals surface area contributed by atoms with Crippen molar-refractivity contribution in [3.63, 3.8) is 0 Å². The standard InChI is InChI=1S/C23H20F3N3O/c24-23(25,26)19-10-4-8-17(12-19)20-13-27-14-21(28-20)18-9-5-11-29(15-18)22(30)16-6-2-1-3-7-16/h1-4,6-8,10,12-14,18H,5,9,11,15H2. The molecule has 4 rings (SSSR count). The highest BCUT2D eigenvalue weighted by molar-refractivity contribution is 5.94. The fraction of sp³-hybridized carbons (Fsp3) is 0.261. The number of hydrogen-bond donors (Lipinski definition) is 0. The van der Waals surface area contributed by atoms with Crippen molar-refractivity contribution in [1.82, 2.24) is 14.9 Å². The second-order valence-corrected chi connectivity index (χ2v) is 7.36. The molecule has 30 heavy (non-hydrogen) atoms. The number of aromatic nitrogens is 2. The number of halogens is 3. The van der Waals surface area contributed by atoms with Crippen LogP contribution in [-0.4, -0.2) is 33.9 Å². The maximum absolute atomic E-state index is 13.0. The van der Waals surface area contributed by atoms with Gasteiger partial charge in [-0.1, -0.05) is 30.3 Å². The van der Waals surface area contributed by atoms with E-state index in [0.29, 0.717) is 35.6 Å². The topological polar surface area (TPSA) is 46.1 Å². The Bertz CT molecular complexity index is 1040. The molecule has 0 N–H and O–H groups in total. The summed E-state index contributed by atoms with van der Waals surface area (Å²) in [7, 11) is 0. The van der Waals surface area contributed by atoms with Gasteiger partial charge in [0.2, 0.25) is 0 Å². The summed E-state index contributed by atoms with van der Waals surface area (Å²) < 4.78 is 39.1. The smallest absolute Gasteiger partial charge is 0.338 e. The minimum absolute atomic E-state index is 0.00957. The highest BCUT2D eigenvalue weighted by Gasteiger charge is 2.31. The molecular weight excluding hydrogens is 391 g/mol. The number of amides is 1. The summed E-state index contributed by atoms with van der Waals surface area (Å²) in [5, 5.41) is 0. The van der Waals surface area contributed by atoms with Crippen LogP contribution in [0.15, 0.2) is 67.0 Å². The molecule has 1 saturated heterocycles. The van der Waals surface area contributed by atoms with E-state index in [2.05, 4.69) is 9.97 Å². The fourth-order valence-electron chi connectivity index (χ4n) is 3.74. The molecule has 0 bridgehead atoms. The van der Waals surface area contributed by atoms with Crippen molar-refractivity contribution in [3.05, 3.63) is 83.8 Å². The molecule has 2 aromatic carbocycles. The summed E-state index contributed by atoms with van der Waals surface area (Å²) in [6.07, 6.45) is 0.369. The molecule has 3 aromatic rings.